The Morgan fingerprint density at radius 1 is 1.43 bits per heavy atom. The number of thiazole rings is 1. The normalized spacial score (nSPS) is 10.1. The fourth-order valence-electron chi connectivity index (χ4n) is 0.996. The number of carbonyl (C=O) groups excluding carboxylic acids is 1. The van der Waals surface area contributed by atoms with E-state index in [0.717, 1.165) is 0 Å². The van der Waals surface area contributed by atoms with Gasteiger partial charge in [-0.1, -0.05) is 0 Å². The molecular formula is C8H10Cl2N2OS. The van der Waals surface area contributed by atoms with Gasteiger partial charge in [-0.3, -0.25) is 9.78 Å². The molecule has 0 aliphatic carbocycles. The smallest absolute Gasteiger partial charge is 0.265 e. The molecule has 1 heterocycles. The number of rotatable bonds is 5. The van der Waals surface area contributed by atoms with Gasteiger partial charge in [0.05, 0.1) is 11.7 Å². The summed E-state index contributed by atoms with van der Waals surface area (Å²) in [6.07, 6.45) is 1.56. The van der Waals surface area contributed by atoms with Gasteiger partial charge in [0.25, 0.3) is 5.91 Å². The van der Waals surface area contributed by atoms with Crippen LogP contribution in [0.5, 0.6) is 0 Å². The molecule has 14 heavy (non-hydrogen) atoms. The maximum absolute atomic E-state index is 11.8. The standard InChI is InChI=1S/C8H10Cl2N2OS/c9-1-3-12(4-2-10)8(13)7-5-11-6-14-7/h5-6H,1-4H2. The molecule has 78 valence electrons. The van der Waals surface area contributed by atoms with Gasteiger partial charge in [-0.25, -0.2) is 0 Å². The average molecular weight is 253 g/mol. The average Bonchev–Trinajstić information content (AvgIpc) is 2.69. The molecule has 0 saturated heterocycles. The molecular weight excluding hydrogens is 243 g/mol. The molecule has 1 aromatic heterocycles. The van der Waals surface area contributed by atoms with Gasteiger partial charge < -0.3 is 4.90 Å². The van der Waals surface area contributed by atoms with Gasteiger partial charge in [0.1, 0.15) is 4.88 Å². The minimum Gasteiger partial charge on any atom is -0.336 e. The zero-order valence-corrected chi connectivity index (χ0v) is 9.78. The number of halogens is 2. The highest BCUT2D eigenvalue weighted by atomic mass is 35.5. The van der Waals surface area contributed by atoms with E-state index in [0.29, 0.717) is 29.7 Å². The first kappa shape index (κ1) is 11.8. The molecule has 0 bridgehead atoms. The van der Waals surface area contributed by atoms with Crippen LogP contribution in [0, 0.1) is 0 Å². The van der Waals surface area contributed by atoms with Gasteiger partial charge in [-0.15, -0.1) is 34.5 Å². The van der Waals surface area contributed by atoms with Crippen molar-refractivity contribution in [2.45, 2.75) is 0 Å². The number of carbonyl (C=O) groups is 1. The molecule has 3 nitrogen and oxygen atoms in total. The van der Waals surface area contributed by atoms with Gasteiger partial charge in [-0.05, 0) is 0 Å². The molecule has 0 radical (unpaired) electrons. The van der Waals surface area contributed by atoms with E-state index in [1.807, 2.05) is 0 Å². The van der Waals surface area contributed by atoms with Gasteiger partial charge in [0.15, 0.2) is 0 Å². The van der Waals surface area contributed by atoms with Crippen LogP contribution in [0.3, 0.4) is 0 Å². The second kappa shape index (κ2) is 6.22. The predicted octanol–water partition coefficient (Wildman–Crippen LogP) is 2.06. The van der Waals surface area contributed by atoms with Crippen molar-refractivity contribution in [3.8, 4) is 0 Å². The lowest BCUT2D eigenvalue weighted by Crippen LogP contribution is -2.33. The van der Waals surface area contributed by atoms with Gasteiger partial charge in [0, 0.05) is 24.8 Å². The van der Waals surface area contributed by atoms with Crippen LogP contribution < -0.4 is 0 Å². The first-order valence-electron chi connectivity index (χ1n) is 4.09. The van der Waals surface area contributed by atoms with Gasteiger partial charge in [-0.2, -0.15) is 0 Å². The van der Waals surface area contributed by atoms with Crippen molar-refractivity contribution in [2.75, 3.05) is 24.8 Å². The van der Waals surface area contributed by atoms with Crippen LogP contribution in [0.15, 0.2) is 11.7 Å². The number of alkyl halides is 2. The summed E-state index contributed by atoms with van der Waals surface area (Å²) in [5, 5.41) is 0. The van der Waals surface area contributed by atoms with Crippen LogP contribution in [0.4, 0.5) is 0 Å². The summed E-state index contributed by atoms with van der Waals surface area (Å²) < 4.78 is 0. The largest absolute Gasteiger partial charge is 0.336 e. The Bertz CT molecular complexity index is 273. The van der Waals surface area contributed by atoms with E-state index >= 15 is 0 Å². The minimum absolute atomic E-state index is 0.0474. The molecule has 0 atom stereocenters. The highest BCUT2D eigenvalue weighted by Gasteiger charge is 2.15. The molecule has 0 aromatic carbocycles. The number of hydrogen-bond donors (Lipinski definition) is 0. The Balaban J connectivity index is 2.63. The van der Waals surface area contributed by atoms with Crippen molar-refractivity contribution < 1.29 is 4.79 Å². The second-order valence-electron chi connectivity index (χ2n) is 2.54. The summed E-state index contributed by atoms with van der Waals surface area (Å²) in [6, 6.07) is 0. The molecule has 1 amide bonds. The van der Waals surface area contributed by atoms with Gasteiger partial charge >= 0.3 is 0 Å². The molecule has 0 fully saturated rings. The Hall–Kier alpha value is -0.320. The quantitative estimate of drug-likeness (QED) is 0.752. The maximum Gasteiger partial charge on any atom is 0.265 e. The minimum atomic E-state index is -0.0474. The summed E-state index contributed by atoms with van der Waals surface area (Å²) >= 11 is 12.5. The lowest BCUT2D eigenvalue weighted by molar-refractivity contribution is 0.0779. The molecule has 0 spiro atoms. The first-order valence-corrected chi connectivity index (χ1v) is 6.04. The van der Waals surface area contributed by atoms with Crippen molar-refractivity contribution in [1.29, 1.82) is 0 Å². The molecule has 6 heteroatoms. The second-order valence-corrected chi connectivity index (χ2v) is 4.18. The van der Waals surface area contributed by atoms with E-state index in [2.05, 4.69) is 4.98 Å². The summed E-state index contributed by atoms with van der Waals surface area (Å²) in [4.78, 5) is 17.9. The van der Waals surface area contributed by atoms with Gasteiger partial charge in [0.2, 0.25) is 0 Å². The van der Waals surface area contributed by atoms with Crippen molar-refractivity contribution in [3.05, 3.63) is 16.6 Å². The molecule has 0 aliphatic heterocycles. The number of hydrogen-bond acceptors (Lipinski definition) is 3. The Kier molecular flexibility index (Phi) is 5.22. The number of aromatic nitrogens is 1. The first-order chi connectivity index (χ1) is 6.79. The van der Waals surface area contributed by atoms with Crippen LogP contribution in [0.2, 0.25) is 0 Å². The van der Waals surface area contributed by atoms with E-state index in [1.165, 1.54) is 11.3 Å². The Labute approximate surface area is 96.6 Å². The Morgan fingerprint density at radius 2 is 2.07 bits per heavy atom. The van der Waals surface area contributed by atoms with Crippen LogP contribution >= 0.6 is 34.5 Å². The number of nitrogens with zero attached hydrogens (tertiary/aromatic N) is 2. The van der Waals surface area contributed by atoms with Crippen LogP contribution in [0.1, 0.15) is 9.67 Å². The highest BCUT2D eigenvalue weighted by Crippen LogP contribution is 2.09. The van der Waals surface area contributed by atoms with E-state index in [4.69, 9.17) is 23.2 Å². The lowest BCUT2D eigenvalue weighted by Gasteiger charge is -2.19. The van der Waals surface area contributed by atoms with Crippen molar-refractivity contribution >= 4 is 40.4 Å². The van der Waals surface area contributed by atoms with E-state index < -0.39 is 0 Å². The van der Waals surface area contributed by atoms with E-state index in [9.17, 15) is 4.79 Å². The van der Waals surface area contributed by atoms with Crippen LogP contribution in [-0.4, -0.2) is 40.6 Å². The lowest BCUT2D eigenvalue weighted by atomic mass is 10.4. The highest BCUT2D eigenvalue weighted by molar-refractivity contribution is 7.11. The molecule has 0 aliphatic rings. The third-order valence-corrected chi connectivity index (χ3v) is 2.74. The third-order valence-electron chi connectivity index (χ3n) is 1.64. The summed E-state index contributed by atoms with van der Waals surface area (Å²) in [6.45, 7) is 1.04. The van der Waals surface area contributed by atoms with Crippen LogP contribution in [-0.2, 0) is 0 Å². The monoisotopic (exact) mass is 252 g/mol. The molecule has 0 unspecified atom stereocenters. The number of amides is 1. The van der Waals surface area contributed by atoms with Crippen molar-refractivity contribution in [3.63, 3.8) is 0 Å². The fraction of sp³-hybridized carbons (Fsp3) is 0.500. The molecule has 0 saturated carbocycles. The zero-order valence-electron chi connectivity index (χ0n) is 7.45. The topological polar surface area (TPSA) is 33.2 Å². The Morgan fingerprint density at radius 3 is 2.50 bits per heavy atom. The molecule has 1 rings (SSSR count). The summed E-state index contributed by atoms with van der Waals surface area (Å²) in [5.74, 6) is 0.789. The molecule has 0 N–H and O–H groups in total. The third kappa shape index (κ3) is 3.12. The fourth-order valence-corrected chi connectivity index (χ4v) is 1.99. The maximum atomic E-state index is 11.8. The van der Waals surface area contributed by atoms with Crippen molar-refractivity contribution in [2.24, 2.45) is 0 Å². The van der Waals surface area contributed by atoms with E-state index in [1.54, 1.807) is 16.6 Å². The van der Waals surface area contributed by atoms with E-state index in [-0.39, 0.29) is 5.91 Å². The summed E-state index contributed by atoms with van der Waals surface area (Å²) in [7, 11) is 0. The zero-order chi connectivity index (χ0) is 10.4. The van der Waals surface area contributed by atoms with Crippen molar-refractivity contribution in [1.82, 2.24) is 9.88 Å². The summed E-state index contributed by atoms with van der Waals surface area (Å²) in [5.41, 5.74) is 1.63. The SMILES string of the molecule is O=C(c1cncs1)N(CCCl)CCCl. The predicted molar refractivity (Wildman–Crippen MR) is 59.5 cm³/mol. The molecule has 1 aromatic rings. The van der Waals surface area contributed by atoms with Crippen LogP contribution in [0.25, 0.3) is 0 Å².